The molecule has 0 unspecified atom stereocenters. The third-order valence-electron chi connectivity index (χ3n) is 4.71. The van der Waals surface area contributed by atoms with Crippen LogP contribution in [0.5, 0.6) is 0 Å². The van der Waals surface area contributed by atoms with Gasteiger partial charge in [0.05, 0.1) is 0 Å². The first-order chi connectivity index (χ1) is 12.1. The van der Waals surface area contributed by atoms with Gasteiger partial charge in [-0.2, -0.15) is 5.10 Å². The minimum atomic E-state index is -0.542. The van der Waals surface area contributed by atoms with Crippen LogP contribution in [-0.4, -0.2) is 40.0 Å². The Balaban J connectivity index is 1.44. The van der Waals surface area contributed by atoms with E-state index in [1.807, 2.05) is 24.3 Å². The predicted octanol–water partition coefficient (Wildman–Crippen LogP) is 2.27. The number of benzene rings is 1. The van der Waals surface area contributed by atoms with Gasteiger partial charge in [-0.1, -0.05) is 18.2 Å². The Morgan fingerprint density at radius 3 is 2.64 bits per heavy atom. The predicted molar refractivity (Wildman–Crippen MR) is 91.2 cm³/mol. The van der Waals surface area contributed by atoms with Gasteiger partial charge in [-0.05, 0) is 31.0 Å². The quantitative estimate of drug-likeness (QED) is 0.764. The standard InChI is InChI=1S/C18H18N4O3/c19-17(23)14-10-13(20-21-14)11-5-7-22(8-6-11)18(24)16-9-12-3-1-2-4-15(12)25-16/h1-4,9-11H,5-8H2,(H2,19,23)(H,20,21). The summed E-state index contributed by atoms with van der Waals surface area (Å²) in [6.45, 7) is 1.26. The molecule has 1 aliphatic heterocycles. The molecule has 128 valence electrons. The number of primary amides is 1. The summed E-state index contributed by atoms with van der Waals surface area (Å²) in [6, 6.07) is 11.1. The molecule has 1 aromatic carbocycles. The van der Waals surface area contributed by atoms with Crippen molar-refractivity contribution in [2.45, 2.75) is 18.8 Å². The Hall–Kier alpha value is -3.09. The highest BCUT2D eigenvalue weighted by Crippen LogP contribution is 2.28. The Morgan fingerprint density at radius 1 is 1.20 bits per heavy atom. The molecule has 2 aromatic heterocycles. The maximum atomic E-state index is 12.7. The van der Waals surface area contributed by atoms with Gasteiger partial charge in [0.1, 0.15) is 11.3 Å². The summed E-state index contributed by atoms with van der Waals surface area (Å²) in [5, 5.41) is 7.73. The van der Waals surface area contributed by atoms with Crippen LogP contribution in [0.3, 0.4) is 0 Å². The van der Waals surface area contributed by atoms with E-state index in [1.165, 1.54) is 0 Å². The number of para-hydroxylation sites is 1. The fourth-order valence-corrected chi connectivity index (χ4v) is 3.31. The van der Waals surface area contributed by atoms with Crippen molar-refractivity contribution in [1.29, 1.82) is 0 Å². The number of aromatic nitrogens is 2. The lowest BCUT2D eigenvalue weighted by Gasteiger charge is -2.30. The third-order valence-corrected chi connectivity index (χ3v) is 4.71. The summed E-state index contributed by atoms with van der Waals surface area (Å²) >= 11 is 0. The lowest BCUT2D eigenvalue weighted by Crippen LogP contribution is -2.37. The zero-order valence-corrected chi connectivity index (χ0v) is 13.6. The number of carbonyl (C=O) groups is 2. The number of aromatic amines is 1. The average molecular weight is 338 g/mol. The van der Waals surface area contributed by atoms with Crippen molar-refractivity contribution in [2.24, 2.45) is 5.73 Å². The van der Waals surface area contributed by atoms with Crippen LogP contribution in [0.4, 0.5) is 0 Å². The Kier molecular flexibility index (Phi) is 3.76. The Bertz CT molecular complexity index is 902. The molecule has 3 heterocycles. The molecule has 0 aliphatic carbocycles. The number of piperidine rings is 1. The van der Waals surface area contributed by atoms with Crippen LogP contribution in [0.15, 0.2) is 40.8 Å². The second kappa shape index (κ2) is 6.08. The van der Waals surface area contributed by atoms with Gasteiger partial charge in [-0.3, -0.25) is 14.7 Å². The number of carbonyl (C=O) groups excluding carboxylic acids is 2. The normalized spacial score (nSPS) is 15.6. The largest absolute Gasteiger partial charge is 0.451 e. The highest BCUT2D eigenvalue weighted by Gasteiger charge is 2.27. The topological polar surface area (TPSA) is 105 Å². The van der Waals surface area contributed by atoms with Gasteiger partial charge >= 0.3 is 0 Å². The van der Waals surface area contributed by atoms with Gasteiger partial charge in [0, 0.05) is 30.1 Å². The van der Waals surface area contributed by atoms with Gasteiger partial charge in [-0.15, -0.1) is 0 Å². The number of nitrogens with zero attached hydrogens (tertiary/aromatic N) is 2. The van der Waals surface area contributed by atoms with Gasteiger partial charge in [-0.25, -0.2) is 0 Å². The fraction of sp³-hybridized carbons (Fsp3) is 0.278. The molecule has 1 saturated heterocycles. The van der Waals surface area contributed by atoms with E-state index >= 15 is 0 Å². The average Bonchev–Trinajstić information content (AvgIpc) is 3.28. The van der Waals surface area contributed by atoms with Crippen molar-refractivity contribution in [3.8, 4) is 0 Å². The van der Waals surface area contributed by atoms with Crippen LogP contribution in [-0.2, 0) is 0 Å². The molecule has 7 heteroatoms. The second-order valence-corrected chi connectivity index (χ2v) is 6.29. The lowest BCUT2D eigenvalue weighted by atomic mass is 9.93. The van der Waals surface area contributed by atoms with Crippen LogP contribution in [0.1, 0.15) is 45.5 Å². The first-order valence-electron chi connectivity index (χ1n) is 8.25. The molecule has 0 spiro atoms. The van der Waals surface area contributed by atoms with Crippen molar-refractivity contribution in [3.05, 3.63) is 53.5 Å². The van der Waals surface area contributed by atoms with E-state index in [2.05, 4.69) is 10.2 Å². The van der Waals surface area contributed by atoms with Crippen LogP contribution >= 0.6 is 0 Å². The van der Waals surface area contributed by atoms with E-state index in [0.717, 1.165) is 29.5 Å². The molecule has 1 aliphatic rings. The zero-order chi connectivity index (χ0) is 17.4. The minimum absolute atomic E-state index is 0.0860. The van der Waals surface area contributed by atoms with Crippen LogP contribution < -0.4 is 5.73 Å². The second-order valence-electron chi connectivity index (χ2n) is 6.29. The molecule has 2 amide bonds. The Morgan fingerprint density at radius 2 is 1.96 bits per heavy atom. The molecule has 0 saturated carbocycles. The number of hydrogen-bond donors (Lipinski definition) is 2. The van der Waals surface area contributed by atoms with Gasteiger partial charge in [0.25, 0.3) is 11.8 Å². The molecule has 7 nitrogen and oxygen atoms in total. The van der Waals surface area contributed by atoms with E-state index < -0.39 is 5.91 Å². The van der Waals surface area contributed by atoms with Gasteiger partial charge in [0.15, 0.2) is 5.76 Å². The van der Waals surface area contributed by atoms with E-state index in [0.29, 0.717) is 18.8 Å². The molecule has 3 N–H and O–H groups in total. The van der Waals surface area contributed by atoms with Crippen molar-refractivity contribution in [1.82, 2.24) is 15.1 Å². The number of H-pyrrole nitrogens is 1. The number of fused-ring (bicyclic) bond motifs is 1. The number of hydrogen-bond acceptors (Lipinski definition) is 4. The highest BCUT2D eigenvalue weighted by molar-refractivity contribution is 5.96. The molecule has 0 bridgehead atoms. The van der Waals surface area contributed by atoms with Crippen LogP contribution in [0, 0.1) is 0 Å². The van der Waals surface area contributed by atoms with Gasteiger partial charge in [0.2, 0.25) is 0 Å². The van der Waals surface area contributed by atoms with E-state index in [1.54, 1.807) is 17.0 Å². The number of rotatable bonds is 3. The summed E-state index contributed by atoms with van der Waals surface area (Å²) in [6.07, 6.45) is 1.60. The van der Waals surface area contributed by atoms with E-state index in [-0.39, 0.29) is 17.5 Å². The molecular weight excluding hydrogens is 320 g/mol. The minimum Gasteiger partial charge on any atom is -0.451 e. The maximum absolute atomic E-state index is 12.7. The van der Waals surface area contributed by atoms with Crippen molar-refractivity contribution in [2.75, 3.05) is 13.1 Å². The van der Waals surface area contributed by atoms with Crippen molar-refractivity contribution >= 4 is 22.8 Å². The first kappa shape index (κ1) is 15.4. The summed E-state index contributed by atoms with van der Waals surface area (Å²) in [4.78, 5) is 25.6. The molecule has 0 radical (unpaired) electrons. The van der Waals surface area contributed by atoms with E-state index in [4.69, 9.17) is 10.2 Å². The number of nitrogens with one attached hydrogen (secondary N) is 1. The first-order valence-corrected chi connectivity index (χ1v) is 8.25. The molecule has 4 rings (SSSR count). The lowest BCUT2D eigenvalue weighted by molar-refractivity contribution is 0.0682. The zero-order valence-electron chi connectivity index (χ0n) is 13.6. The summed E-state index contributed by atoms with van der Waals surface area (Å²) in [7, 11) is 0. The molecule has 3 aromatic rings. The molecule has 0 atom stereocenters. The van der Waals surface area contributed by atoms with Crippen molar-refractivity contribution < 1.29 is 14.0 Å². The number of nitrogens with two attached hydrogens (primary N) is 1. The number of likely N-dealkylation sites (tertiary alicyclic amines) is 1. The monoisotopic (exact) mass is 338 g/mol. The number of furan rings is 1. The maximum Gasteiger partial charge on any atom is 0.289 e. The summed E-state index contributed by atoms with van der Waals surface area (Å²) in [5.74, 6) is -0.0189. The van der Waals surface area contributed by atoms with Crippen molar-refractivity contribution in [3.63, 3.8) is 0 Å². The highest BCUT2D eigenvalue weighted by atomic mass is 16.3. The third kappa shape index (κ3) is 2.88. The number of amides is 2. The SMILES string of the molecule is NC(=O)c1cc(C2CCN(C(=O)c3cc4ccccc4o3)CC2)[nH]n1. The molecular formula is C18H18N4O3. The van der Waals surface area contributed by atoms with Gasteiger partial charge < -0.3 is 15.1 Å². The molecule has 1 fully saturated rings. The van der Waals surface area contributed by atoms with Crippen LogP contribution in [0.25, 0.3) is 11.0 Å². The van der Waals surface area contributed by atoms with Crippen LogP contribution in [0.2, 0.25) is 0 Å². The molecule has 25 heavy (non-hydrogen) atoms. The summed E-state index contributed by atoms with van der Waals surface area (Å²) in [5.41, 5.74) is 7.09. The van der Waals surface area contributed by atoms with E-state index in [9.17, 15) is 9.59 Å². The Labute approximate surface area is 143 Å². The summed E-state index contributed by atoms with van der Waals surface area (Å²) < 4.78 is 5.67. The fourth-order valence-electron chi connectivity index (χ4n) is 3.31. The smallest absolute Gasteiger partial charge is 0.289 e.